The van der Waals surface area contributed by atoms with Crippen molar-refractivity contribution in [2.75, 3.05) is 21.3 Å². The van der Waals surface area contributed by atoms with Gasteiger partial charge in [-0.15, -0.1) is 0 Å². The molecule has 0 saturated heterocycles. The molecule has 1 aliphatic heterocycles. The third-order valence-electron chi connectivity index (χ3n) is 4.92. The Morgan fingerprint density at radius 2 is 1.85 bits per heavy atom. The second-order valence-electron chi connectivity index (χ2n) is 6.37. The van der Waals surface area contributed by atoms with Crippen LogP contribution in [0, 0.1) is 0 Å². The van der Waals surface area contributed by atoms with Gasteiger partial charge in [-0.2, -0.15) is 0 Å². The molecule has 6 heteroatoms. The summed E-state index contributed by atoms with van der Waals surface area (Å²) >= 11 is 0. The summed E-state index contributed by atoms with van der Waals surface area (Å²) in [6, 6.07) is 5.46. The quantitative estimate of drug-likeness (QED) is 0.836. The number of allylic oxidation sites excluding steroid dienone is 3. The molecule has 0 radical (unpaired) electrons. The Balaban J connectivity index is 2.20. The predicted molar refractivity (Wildman–Crippen MR) is 96.0 cm³/mol. The molecule has 0 aromatic heterocycles. The lowest BCUT2D eigenvalue weighted by Gasteiger charge is -2.34. The maximum atomic E-state index is 12.7. The lowest BCUT2D eigenvalue weighted by atomic mass is 9.75. The van der Waals surface area contributed by atoms with Gasteiger partial charge >= 0.3 is 5.97 Å². The first-order valence-electron chi connectivity index (χ1n) is 8.56. The lowest BCUT2D eigenvalue weighted by Crippen LogP contribution is -2.34. The normalized spacial score (nSPS) is 19.7. The molecule has 0 spiro atoms. The second-order valence-corrected chi connectivity index (χ2v) is 6.37. The molecule has 0 amide bonds. The van der Waals surface area contributed by atoms with Crippen molar-refractivity contribution >= 4 is 11.8 Å². The summed E-state index contributed by atoms with van der Waals surface area (Å²) in [6.45, 7) is 1.84. The van der Waals surface area contributed by atoms with Gasteiger partial charge in [0.25, 0.3) is 0 Å². The van der Waals surface area contributed by atoms with Crippen LogP contribution in [-0.4, -0.2) is 33.1 Å². The van der Waals surface area contributed by atoms with E-state index >= 15 is 0 Å². The standard InChI is InChI=1S/C20H23NO5/c1-11-17(20(23)26-4)18(19-13(21-11)6-5-7-14(19)22)12-8-9-15(24-2)16(10-12)25-3/h8-10,18,21H,5-7H2,1-4H3. The smallest absolute Gasteiger partial charge is 0.336 e. The fraction of sp³-hybridized carbons (Fsp3) is 0.400. The summed E-state index contributed by atoms with van der Waals surface area (Å²) in [5.74, 6) is 0.281. The van der Waals surface area contributed by atoms with E-state index in [-0.39, 0.29) is 5.78 Å². The van der Waals surface area contributed by atoms with Crippen molar-refractivity contribution in [3.63, 3.8) is 0 Å². The molecule has 6 nitrogen and oxygen atoms in total. The van der Waals surface area contributed by atoms with Crippen LogP contribution in [0.5, 0.6) is 11.5 Å². The number of ether oxygens (including phenoxy) is 3. The van der Waals surface area contributed by atoms with Gasteiger partial charge in [0.2, 0.25) is 0 Å². The molecule has 1 atom stereocenters. The van der Waals surface area contributed by atoms with E-state index in [4.69, 9.17) is 14.2 Å². The molecule has 1 unspecified atom stereocenters. The fourth-order valence-corrected chi connectivity index (χ4v) is 3.73. The number of carbonyl (C=O) groups excluding carboxylic acids is 2. The van der Waals surface area contributed by atoms with Gasteiger partial charge in [0.05, 0.1) is 26.9 Å². The van der Waals surface area contributed by atoms with Crippen molar-refractivity contribution < 1.29 is 23.8 Å². The van der Waals surface area contributed by atoms with Crippen LogP contribution in [0.3, 0.4) is 0 Å². The number of ketones is 1. The first-order valence-corrected chi connectivity index (χ1v) is 8.56. The minimum atomic E-state index is -0.480. The fourth-order valence-electron chi connectivity index (χ4n) is 3.73. The van der Waals surface area contributed by atoms with E-state index in [0.29, 0.717) is 34.8 Å². The van der Waals surface area contributed by atoms with E-state index in [1.807, 2.05) is 19.1 Å². The van der Waals surface area contributed by atoms with E-state index < -0.39 is 11.9 Å². The number of dihydropyridines is 1. The van der Waals surface area contributed by atoms with Gasteiger partial charge in [0.1, 0.15) is 0 Å². The third-order valence-corrected chi connectivity index (χ3v) is 4.92. The van der Waals surface area contributed by atoms with Gasteiger partial charge in [-0.25, -0.2) is 4.79 Å². The maximum Gasteiger partial charge on any atom is 0.336 e. The zero-order chi connectivity index (χ0) is 18.8. The summed E-state index contributed by atoms with van der Waals surface area (Å²) < 4.78 is 15.7. The monoisotopic (exact) mass is 357 g/mol. The molecule has 1 aromatic rings. The van der Waals surface area contributed by atoms with Crippen LogP contribution in [0.2, 0.25) is 0 Å². The molecule has 2 aliphatic rings. The van der Waals surface area contributed by atoms with Gasteiger partial charge in [-0.1, -0.05) is 6.07 Å². The Morgan fingerprint density at radius 1 is 1.12 bits per heavy atom. The van der Waals surface area contributed by atoms with Crippen molar-refractivity contribution in [2.24, 2.45) is 0 Å². The third kappa shape index (κ3) is 2.96. The van der Waals surface area contributed by atoms with Gasteiger partial charge < -0.3 is 19.5 Å². The zero-order valence-electron chi connectivity index (χ0n) is 15.5. The summed E-state index contributed by atoms with van der Waals surface area (Å²) in [6.07, 6.45) is 2.08. The summed E-state index contributed by atoms with van der Waals surface area (Å²) in [7, 11) is 4.47. The first-order chi connectivity index (χ1) is 12.5. The summed E-state index contributed by atoms with van der Waals surface area (Å²) in [4.78, 5) is 25.2. The topological polar surface area (TPSA) is 73.9 Å². The van der Waals surface area contributed by atoms with Crippen molar-refractivity contribution in [3.05, 3.63) is 46.3 Å². The van der Waals surface area contributed by atoms with Crippen LogP contribution < -0.4 is 14.8 Å². The molecule has 0 bridgehead atoms. The molecular formula is C20H23NO5. The zero-order valence-corrected chi connectivity index (χ0v) is 15.5. The van der Waals surface area contributed by atoms with Gasteiger partial charge in [0.15, 0.2) is 17.3 Å². The van der Waals surface area contributed by atoms with Crippen LogP contribution in [0.15, 0.2) is 40.7 Å². The highest BCUT2D eigenvalue weighted by atomic mass is 16.5. The minimum Gasteiger partial charge on any atom is -0.493 e. The Kier molecular flexibility index (Phi) is 5.02. The number of hydrogen-bond donors (Lipinski definition) is 1. The van der Waals surface area contributed by atoms with Crippen molar-refractivity contribution in [1.29, 1.82) is 0 Å². The molecule has 1 aromatic carbocycles. The summed E-state index contributed by atoms with van der Waals surface area (Å²) in [5, 5.41) is 3.25. The predicted octanol–water partition coefficient (Wildman–Crippen LogP) is 2.84. The van der Waals surface area contributed by atoms with Crippen molar-refractivity contribution in [2.45, 2.75) is 32.1 Å². The van der Waals surface area contributed by atoms with Gasteiger partial charge in [-0.3, -0.25) is 4.79 Å². The highest BCUT2D eigenvalue weighted by Gasteiger charge is 2.39. The first kappa shape index (κ1) is 18.0. The van der Waals surface area contributed by atoms with Gasteiger partial charge in [-0.05, 0) is 37.5 Å². The van der Waals surface area contributed by atoms with Crippen LogP contribution in [0.4, 0.5) is 0 Å². The lowest BCUT2D eigenvalue weighted by molar-refractivity contribution is -0.136. The average molecular weight is 357 g/mol. The molecule has 3 rings (SSSR count). The van der Waals surface area contributed by atoms with Crippen molar-refractivity contribution in [1.82, 2.24) is 5.32 Å². The largest absolute Gasteiger partial charge is 0.493 e. The molecule has 0 fully saturated rings. The number of methoxy groups -OCH3 is 3. The van der Waals surface area contributed by atoms with Crippen LogP contribution in [-0.2, 0) is 14.3 Å². The van der Waals surface area contributed by atoms with E-state index in [9.17, 15) is 9.59 Å². The van der Waals surface area contributed by atoms with Crippen LogP contribution in [0.25, 0.3) is 0 Å². The Bertz CT molecular complexity index is 821. The van der Waals surface area contributed by atoms with Crippen molar-refractivity contribution in [3.8, 4) is 11.5 Å². The second kappa shape index (κ2) is 7.23. The number of rotatable bonds is 4. The Labute approximate surface area is 152 Å². The van der Waals surface area contributed by atoms with Gasteiger partial charge in [0, 0.05) is 29.3 Å². The van der Waals surface area contributed by atoms with Crippen LogP contribution >= 0.6 is 0 Å². The summed E-state index contributed by atoms with van der Waals surface area (Å²) in [5.41, 5.74) is 3.51. The molecule has 1 heterocycles. The SMILES string of the molecule is COC(=O)C1=C(C)NC2=C(C(=O)CCC2)C1c1ccc(OC)c(OC)c1. The molecule has 0 saturated carbocycles. The molecule has 26 heavy (non-hydrogen) atoms. The van der Waals surface area contributed by atoms with E-state index in [1.54, 1.807) is 20.3 Å². The highest BCUT2D eigenvalue weighted by molar-refractivity contribution is 6.03. The number of Topliss-reactive ketones (excluding diaryl/α,β-unsaturated/α-hetero) is 1. The molecule has 1 aliphatic carbocycles. The minimum absolute atomic E-state index is 0.0624. The number of carbonyl (C=O) groups is 2. The molecular weight excluding hydrogens is 334 g/mol. The number of benzene rings is 1. The van der Waals surface area contributed by atoms with Crippen LogP contribution in [0.1, 0.15) is 37.7 Å². The average Bonchev–Trinajstić information content (AvgIpc) is 2.66. The number of hydrogen-bond acceptors (Lipinski definition) is 6. The highest BCUT2D eigenvalue weighted by Crippen LogP contribution is 2.44. The maximum absolute atomic E-state index is 12.7. The van der Waals surface area contributed by atoms with E-state index in [2.05, 4.69) is 5.32 Å². The number of nitrogens with one attached hydrogen (secondary N) is 1. The molecule has 1 N–H and O–H groups in total. The van der Waals surface area contributed by atoms with E-state index in [1.165, 1.54) is 7.11 Å². The Morgan fingerprint density at radius 3 is 2.50 bits per heavy atom. The molecule has 138 valence electrons. The Hall–Kier alpha value is -2.76. The van der Waals surface area contributed by atoms with E-state index in [0.717, 1.165) is 24.1 Å². The number of esters is 1.